The van der Waals surface area contributed by atoms with Gasteiger partial charge in [-0.15, -0.1) is 0 Å². The molecule has 0 bridgehead atoms. The predicted molar refractivity (Wildman–Crippen MR) is 74.2 cm³/mol. The number of nitro benzene ring substituents is 1. The van der Waals surface area contributed by atoms with Gasteiger partial charge in [0.25, 0.3) is 5.69 Å². The van der Waals surface area contributed by atoms with Crippen molar-refractivity contribution in [2.24, 2.45) is 0 Å². The zero-order valence-corrected chi connectivity index (χ0v) is 11.3. The molecule has 0 fully saturated rings. The molecule has 2 aromatic rings. The molecular weight excluding hydrogens is 301 g/mol. The molecule has 0 radical (unpaired) electrons. The van der Waals surface area contributed by atoms with Gasteiger partial charge >= 0.3 is 0 Å². The zero-order valence-electron chi connectivity index (χ0n) is 10.6. The SMILES string of the molecule is O=Cc1c(Cl)cccc1OCc1cc(F)ccc1[N+](=O)[O-]. The van der Waals surface area contributed by atoms with Gasteiger partial charge in [0.2, 0.25) is 0 Å². The standard InChI is InChI=1S/C14H9ClFNO4/c15-12-2-1-3-14(11(12)7-18)21-8-9-6-10(16)4-5-13(9)17(19)20/h1-7H,8H2. The first-order valence-corrected chi connectivity index (χ1v) is 6.20. The maximum atomic E-state index is 13.2. The van der Waals surface area contributed by atoms with E-state index in [4.69, 9.17) is 16.3 Å². The van der Waals surface area contributed by atoms with Gasteiger partial charge in [-0.25, -0.2) is 4.39 Å². The summed E-state index contributed by atoms with van der Waals surface area (Å²) in [7, 11) is 0. The number of ether oxygens (including phenoxy) is 1. The first-order valence-electron chi connectivity index (χ1n) is 5.82. The Kier molecular flexibility index (Phi) is 4.49. The fourth-order valence-corrected chi connectivity index (χ4v) is 1.97. The second kappa shape index (κ2) is 6.32. The molecule has 2 aromatic carbocycles. The molecule has 0 saturated carbocycles. The highest BCUT2D eigenvalue weighted by molar-refractivity contribution is 6.33. The van der Waals surface area contributed by atoms with Crippen molar-refractivity contribution in [2.45, 2.75) is 6.61 Å². The molecule has 0 unspecified atom stereocenters. The Morgan fingerprint density at radius 2 is 2.10 bits per heavy atom. The van der Waals surface area contributed by atoms with Crippen LogP contribution < -0.4 is 4.74 Å². The minimum Gasteiger partial charge on any atom is -0.488 e. The smallest absolute Gasteiger partial charge is 0.276 e. The van der Waals surface area contributed by atoms with Gasteiger partial charge in [0.05, 0.1) is 21.1 Å². The van der Waals surface area contributed by atoms with Crippen LogP contribution in [0.3, 0.4) is 0 Å². The van der Waals surface area contributed by atoms with Gasteiger partial charge in [-0.1, -0.05) is 17.7 Å². The average molecular weight is 310 g/mol. The molecule has 2 rings (SSSR count). The van der Waals surface area contributed by atoms with Crippen LogP contribution in [0.5, 0.6) is 5.75 Å². The molecule has 0 atom stereocenters. The summed E-state index contributed by atoms with van der Waals surface area (Å²) < 4.78 is 18.5. The summed E-state index contributed by atoms with van der Waals surface area (Å²) in [6.45, 7) is -0.255. The zero-order chi connectivity index (χ0) is 15.4. The lowest BCUT2D eigenvalue weighted by atomic mass is 10.2. The molecule has 0 N–H and O–H groups in total. The van der Waals surface area contributed by atoms with Crippen LogP contribution in [-0.4, -0.2) is 11.2 Å². The first kappa shape index (κ1) is 14.9. The van der Waals surface area contributed by atoms with Gasteiger partial charge in [-0.05, 0) is 24.3 Å². The maximum absolute atomic E-state index is 13.2. The van der Waals surface area contributed by atoms with Crippen LogP contribution in [0.25, 0.3) is 0 Å². The fourth-order valence-electron chi connectivity index (χ4n) is 1.76. The quantitative estimate of drug-likeness (QED) is 0.479. The molecule has 0 aromatic heterocycles. The lowest BCUT2D eigenvalue weighted by Crippen LogP contribution is -2.03. The third-order valence-electron chi connectivity index (χ3n) is 2.75. The number of carbonyl (C=O) groups excluding carboxylic acids is 1. The van der Waals surface area contributed by atoms with E-state index < -0.39 is 10.7 Å². The number of halogens is 2. The van der Waals surface area contributed by atoms with Crippen molar-refractivity contribution in [3.63, 3.8) is 0 Å². The van der Waals surface area contributed by atoms with Gasteiger partial charge in [0, 0.05) is 6.07 Å². The van der Waals surface area contributed by atoms with Gasteiger partial charge in [-0.2, -0.15) is 0 Å². The normalized spacial score (nSPS) is 10.2. The van der Waals surface area contributed by atoms with E-state index in [9.17, 15) is 19.3 Å². The van der Waals surface area contributed by atoms with E-state index in [0.29, 0.717) is 6.29 Å². The summed E-state index contributed by atoms with van der Waals surface area (Å²) in [5.41, 5.74) is -0.0545. The summed E-state index contributed by atoms with van der Waals surface area (Å²) in [4.78, 5) is 21.2. The number of aldehydes is 1. The number of benzene rings is 2. The molecule has 0 aliphatic rings. The van der Waals surface area contributed by atoms with Gasteiger partial charge in [-0.3, -0.25) is 14.9 Å². The Labute approximate surface area is 124 Å². The van der Waals surface area contributed by atoms with E-state index in [1.165, 1.54) is 12.1 Å². The number of nitro groups is 1. The molecule has 5 nitrogen and oxygen atoms in total. The Balaban J connectivity index is 2.28. The van der Waals surface area contributed by atoms with Crippen molar-refractivity contribution in [3.05, 3.63) is 68.5 Å². The van der Waals surface area contributed by atoms with Gasteiger partial charge in [0.15, 0.2) is 6.29 Å². The van der Waals surface area contributed by atoms with E-state index >= 15 is 0 Å². The second-order valence-electron chi connectivity index (χ2n) is 4.09. The summed E-state index contributed by atoms with van der Waals surface area (Å²) >= 11 is 5.84. The minimum atomic E-state index is -0.628. The third kappa shape index (κ3) is 3.35. The average Bonchev–Trinajstić information content (AvgIpc) is 2.44. The second-order valence-corrected chi connectivity index (χ2v) is 4.50. The summed E-state index contributed by atoms with van der Waals surface area (Å²) in [5, 5.41) is 11.1. The van der Waals surface area contributed by atoms with Crippen molar-refractivity contribution in [1.82, 2.24) is 0 Å². The minimum absolute atomic E-state index is 0.0665. The lowest BCUT2D eigenvalue weighted by molar-refractivity contribution is -0.385. The van der Waals surface area contributed by atoms with Gasteiger partial charge < -0.3 is 4.74 Å². The molecule has 0 amide bonds. The summed E-state index contributed by atoms with van der Waals surface area (Å²) in [5.74, 6) is -0.433. The molecule has 0 saturated heterocycles. The first-order chi connectivity index (χ1) is 10.0. The topological polar surface area (TPSA) is 69.4 Å². The van der Waals surface area contributed by atoms with Crippen LogP contribution in [0, 0.1) is 15.9 Å². The molecule has 21 heavy (non-hydrogen) atoms. The number of hydrogen-bond donors (Lipinski definition) is 0. The highest BCUT2D eigenvalue weighted by atomic mass is 35.5. The van der Waals surface area contributed by atoms with Crippen molar-refractivity contribution in [1.29, 1.82) is 0 Å². The van der Waals surface area contributed by atoms with Crippen molar-refractivity contribution >= 4 is 23.6 Å². The number of nitrogens with zero attached hydrogens (tertiary/aromatic N) is 1. The van der Waals surface area contributed by atoms with Crippen molar-refractivity contribution < 1.29 is 18.8 Å². The molecule has 7 heteroatoms. The Bertz CT molecular complexity index is 705. The number of rotatable bonds is 5. The largest absolute Gasteiger partial charge is 0.488 e. The number of hydrogen-bond acceptors (Lipinski definition) is 4. The molecule has 108 valence electrons. The molecule has 0 aliphatic carbocycles. The molecule has 0 aliphatic heterocycles. The van der Waals surface area contributed by atoms with Crippen LogP contribution in [0.15, 0.2) is 36.4 Å². The Morgan fingerprint density at radius 1 is 1.33 bits per heavy atom. The van der Waals surface area contributed by atoms with Crippen LogP contribution >= 0.6 is 11.6 Å². The van der Waals surface area contributed by atoms with Crippen molar-refractivity contribution in [3.8, 4) is 5.75 Å². The predicted octanol–water partition coefficient (Wildman–Crippen LogP) is 3.78. The third-order valence-corrected chi connectivity index (χ3v) is 3.08. The van der Waals surface area contributed by atoms with E-state index in [-0.39, 0.29) is 34.2 Å². The van der Waals surface area contributed by atoms with Gasteiger partial charge in [0.1, 0.15) is 18.2 Å². The lowest BCUT2D eigenvalue weighted by Gasteiger charge is -2.09. The fraction of sp³-hybridized carbons (Fsp3) is 0.0714. The van der Waals surface area contributed by atoms with Crippen LogP contribution in [0.4, 0.5) is 10.1 Å². The van der Waals surface area contributed by atoms with E-state index in [1.807, 2.05) is 0 Å². The van der Waals surface area contributed by atoms with Crippen LogP contribution in [-0.2, 0) is 6.61 Å². The highest BCUT2D eigenvalue weighted by Gasteiger charge is 2.16. The van der Waals surface area contributed by atoms with Crippen molar-refractivity contribution in [2.75, 3.05) is 0 Å². The summed E-state index contributed by atoms with van der Waals surface area (Å²) in [6.07, 6.45) is 0.525. The van der Waals surface area contributed by atoms with E-state index in [1.54, 1.807) is 6.07 Å². The molecule has 0 heterocycles. The van der Waals surface area contributed by atoms with Crippen LogP contribution in [0.1, 0.15) is 15.9 Å². The van der Waals surface area contributed by atoms with E-state index in [2.05, 4.69) is 0 Å². The van der Waals surface area contributed by atoms with Crippen LogP contribution in [0.2, 0.25) is 5.02 Å². The highest BCUT2D eigenvalue weighted by Crippen LogP contribution is 2.27. The number of carbonyl (C=O) groups is 1. The molecule has 0 spiro atoms. The molecular formula is C14H9ClFNO4. The Morgan fingerprint density at radius 3 is 2.76 bits per heavy atom. The monoisotopic (exact) mass is 309 g/mol. The Hall–Kier alpha value is -2.47. The van der Waals surface area contributed by atoms with E-state index in [0.717, 1.165) is 18.2 Å². The maximum Gasteiger partial charge on any atom is 0.276 e. The summed E-state index contributed by atoms with van der Waals surface area (Å²) in [6, 6.07) is 7.67.